The van der Waals surface area contributed by atoms with Gasteiger partial charge in [0.05, 0.1) is 23.7 Å². The van der Waals surface area contributed by atoms with E-state index in [-0.39, 0.29) is 0 Å². The number of nitrogens with zero attached hydrogens (tertiary/aromatic N) is 4. The van der Waals surface area contributed by atoms with E-state index in [1.165, 1.54) is 17.5 Å². The van der Waals surface area contributed by atoms with Crippen molar-refractivity contribution in [1.82, 2.24) is 14.9 Å². The molecule has 2 heterocycles. The number of aryl methyl sites for hydroxylation is 3. The van der Waals surface area contributed by atoms with Crippen LogP contribution in [0.15, 0.2) is 42.6 Å². The van der Waals surface area contributed by atoms with Crippen LogP contribution < -0.4 is 15.9 Å². The Morgan fingerprint density at radius 2 is 1.79 bits per heavy atom. The van der Waals surface area contributed by atoms with Crippen LogP contribution in [0.5, 0.6) is 0 Å². The average Bonchev–Trinajstić information content (AvgIpc) is 3.46. The van der Waals surface area contributed by atoms with Crippen LogP contribution in [0.2, 0.25) is 5.02 Å². The number of piperidine rings is 1. The predicted octanol–water partition coefficient (Wildman–Crippen LogP) is 6.27. The van der Waals surface area contributed by atoms with Crippen molar-refractivity contribution in [2.45, 2.75) is 44.7 Å². The SMILES string of the molecule is [C-]#[N+]C1C2CN([C@@H]3CCc4ccc(Nc5ncc(Cl)c(Nc6ccc(C)cc6P(C)(C)=O)n5)cc4CC3)CC21. The summed E-state index contributed by atoms with van der Waals surface area (Å²) in [6, 6.07) is 13.3. The molecule has 2 aliphatic carbocycles. The molecule has 0 amide bonds. The van der Waals surface area contributed by atoms with Crippen LogP contribution in [0.1, 0.15) is 29.5 Å². The minimum atomic E-state index is -2.51. The zero-order valence-corrected chi connectivity index (χ0v) is 24.3. The lowest BCUT2D eigenvalue weighted by Gasteiger charge is -2.27. The monoisotopic (exact) mass is 560 g/mol. The Balaban J connectivity index is 1.15. The highest BCUT2D eigenvalue weighted by atomic mass is 35.5. The third-order valence-electron chi connectivity index (χ3n) is 8.53. The molecule has 2 N–H and O–H groups in total. The predicted molar refractivity (Wildman–Crippen MR) is 160 cm³/mol. The molecule has 1 aliphatic heterocycles. The molecule has 7 nitrogen and oxygen atoms in total. The maximum Gasteiger partial charge on any atom is 0.232 e. The summed E-state index contributed by atoms with van der Waals surface area (Å²) in [6.45, 7) is 15.1. The van der Waals surface area contributed by atoms with Gasteiger partial charge in [0.15, 0.2) is 5.82 Å². The highest BCUT2D eigenvalue weighted by Gasteiger charge is 2.62. The number of likely N-dealkylation sites (tertiary alicyclic amines) is 1. The number of nitrogens with one attached hydrogen (secondary N) is 2. The molecule has 39 heavy (non-hydrogen) atoms. The van der Waals surface area contributed by atoms with E-state index in [2.05, 4.69) is 48.5 Å². The molecule has 2 aromatic carbocycles. The van der Waals surface area contributed by atoms with E-state index < -0.39 is 7.14 Å². The van der Waals surface area contributed by atoms with Gasteiger partial charge in [-0.2, -0.15) is 4.98 Å². The van der Waals surface area contributed by atoms with Crippen molar-refractivity contribution in [3.05, 3.63) is 75.7 Å². The van der Waals surface area contributed by atoms with Gasteiger partial charge in [-0.15, -0.1) is 0 Å². The Hall–Kier alpha value is -2.91. The Labute approximate surface area is 235 Å². The van der Waals surface area contributed by atoms with E-state index in [1.54, 1.807) is 19.5 Å². The van der Waals surface area contributed by atoms with Gasteiger partial charge in [0.25, 0.3) is 0 Å². The van der Waals surface area contributed by atoms with Crippen LogP contribution >= 0.6 is 18.7 Å². The lowest BCUT2D eigenvalue weighted by Crippen LogP contribution is -2.36. The number of hydrogen-bond donors (Lipinski definition) is 2. The Morgan fingerprint density at radius 3 is 2.51 bits per heavy atom. The van der Waals surface area contributed by atoms with Crippen LogP contribution in [0.4, 0.5) is 23.1 Å². The molecule has 3 aromatic rings. The summed E-state index contributed by atoms with van der Waals surface area (Å²) >= 11 is 6.45. The van der Waals surface area contributed by atoms with Gasteiger partial charge in [0, 0.05) is 30.1 Å². The highest BCUT2D eigenvalue weighted by molar-refractivity contribution is 7.70. The average molecular weight is 561 g/mol. The van der Waals surface area contributed by atoms with Crippen LogP contribution in [0.25, 0.3) is 4.85 Å². The van der Waals surface area contributed by atoms with E-state index in [0.717, 1.165) is 54.6 Å². The standard InChI is InChI=1S/C30H34ClN6OP/c1-18-5-12-26(27(13-18)39(3,4)38)35-29-25(31)15-33-30(36-29)34-21-9-6-19-7-10-22(11-8-20(19)14-21)37-16-23-24(17-37)28(23)32-2/h5-6,9,12-15,22-24,28H,7-8,10-11,16-17H2,1,3-4H3,(H2,33,34,35,36)/t22-,23?,24?,28?/m1/s1. The molecule has 6 rings (SSSR count). The summed E-state index contributed by atoms with van der Waals surface area (Å²) in [4.78, 5) is 15.5. The number of anilines is 4. The summed E-state index contributed by atoms with van der Waals surface area (Å²) in [5, 5.41) is 7.81. The number of rotatable bonds is 6. The third kappa shape index (κ3) is 5.43. The second-order valence-electron chi connectivity index (χ2n) is 11.6. The lowest BCUT2D eigenvalue weighted by atomic mass is 10.0. The first-order valence-electron chi connectivity index (χ1n) is 13.6. The molecule has 0 radical (unpaired) electrons. The van der Waals surface area contributed by atoms with Crippen LogP contribution in [-0.4, -0.2) is 53.4 Å². The number of hydrogen-bond acceptors (Lipinski definition) is 6. The zero-order valence-electron chi connectivity index (χ0n) is 22.6. The van der Waals surface area contributed by atoms with Crippen molar-refractivity contribution in [2.24, 2.45) is 11.8 Å². The Kier molecular flexibility index (Phi) is 6.91. The molecule has 0 spiro atoms. The Bertz CT molecular complexity index is 1500. The molecule has 2 unspecified atom stereocenters. The topological polar surface area (TPSA) is 74.5 Å². The summed E-state index contributed by atoms with van der Waals surface area (Å²) in [6.07, 6.45) is 6.05. The van der Waals surface area contributed by atoms with Crippen molar-refractivity contribution in [3.63, 3.8) is 0 Å². The van der Waals surface area contributed by atoms with Gasteiger partial charge in [-0.1, -0.05) is 29.3 Å². The van der Waals surface area contributed by atoms with Gasteiger partial charge in [-0.25, -0.2) is 11.6 Å². The molecule has 3 aliphatic rings. The van der Waals surface area contributed by atoms with E-state index in [4.69, 9.17) is 18.2 Å². The first kappa shape index (κ1) is 26.3. The van der Waals surface area contributed by atoms with Crippen molar-refractivity contribution >= 4 is 47.2 Å². The summed E-state index contributed by atoms with van der Waals surface area (Å²) in [5.41, 5.74) is 5.53. The molecule has 3 atom stereocenters. The maximum absolute atomic E-state index is 12.9. The molecule has 0 bridgehead atoms. The quantitative estimate of drug-likeness (QED) is 0.210. The van der Waals surface area contributed by atoms with Crippen molar-refractivity contribution in [3.8, 4) is 0 Å². The molecule has 1 saturated carbocycles. The van der Waals surface area contributed by atoms with E-state index in [0.29, 0.717) is 40.7 Å². The second kappa shape index (κ2) is 10.2. The van der Waals surface area contributed by atoms with Gasteiger partial charge < -0.3 is 20.0 Å². The largest absolute Gasteiger partial charge is 0.338 e. The van der Waals surface area contributed by atoms with E-state index in [9.17, 15) is 4.57 Å². The molecule has 1 aromatic heterocycles. The van der Waals surface area contributed by atoms with Gasteiger partial charge in [-0.3, -0.25) is 4.90 Å². The number of halogens is 1. The summed E-state index contributed by atoms with van der Waals surface area (Å²) in [7, 11) is -2.51. The second-order valence-corrected chi connectivity index (χ2v) is 15.2. The van der Waals surface area contributed by atoms with Gasteiger partial charge >= 0.3 is 0 Å². The minimum absolute atomic E-state index is 0.294. The molecular weight excluding hydrogens is 527 g/mol. The zero-order chi connectivity index (χ0) is 27.3. The summed E-state index contributed by atoms with van der Waals surface area (Å²) < 4.78 is 12.9. The van der Waals surface area contributed by atoms with Crippen LogP contribution in [0, 0.1) is 25.3 Å². The van der Waals surface area contributed by atoms with E-state index in [1.807, 2.05) is 25.1 Å². The normalized spacial score (nSPS) is 24.3. The third-order valence-corrected chi connectivity index (χ3v) is 10.3. The van der Waals surface area contributed by atoms with E-state index >= 15 is 0 Å². The molecule has 9 heteroatoms. The smallest absolute Gasteiger partial charge is 0.232 e. The fraction of sp³-hybridized carbons (Fsp3) is 0.433. The fourth-order valence-electron chi connectivity index (χ4n) is 6.32. The minimum Gasteiger partial charge on any atom is -0.338 e. The number of benzene rings is 2. The van der Waals surface area contributed by atoms with Crippen molar-refractivity contribution in [2.75, 3.05) is 37.1 Å². The molecular formula is C30H34ClN6OP. The molecule has 1 saturated heterocycles. The fourth-order valence-corrected chi connectivity index (χ4v) is 7.68. The van der Waals surface area contributed by atoms with Crippen LogP contribution in [0.3, 0.4) is 0 Å². The number of aromatic nitrogens is 2. The first-order chi connectivity index (χ1) is 18.7. The van der Waals surface area contributed by atoms with Gasteiger partial charge in [-0.05, 0) is 81.3 Å². The highest BCUT2D eigenvalue weighted by Crippen LogP contribution is 2.49. The maximum atomic E-state index is 12.9. The van der Waals surface area contributed by atoms with Crippen molar-refractivity contribution < 1.29 is 4.57 Å². The van der Waals surface area contributed by atoms with Gasteiger partial charge in [0.2, 0.25) is 12.0 Å². The number of fused-ring (bicyclic) bond motifs is 2. The lowest BCUT2D eigenvalue weighted by molar-refractivity contribution is 0.199. The Morgan fingerprint density at radius 1 is 1.05 bits per heavy atom. The molecule has 202 valence electrons. The van der Waals surface area contributed by atoms with Crippen molar-refractivity contribution in [1.29, 1.82) is 0 Å². The first-order valence-corrected chi connectivity index (χ1v) is 16.6. The van der Waals surface area contributed by atoms with Crippen LogP contribution in [-0.2, 0) is 17.4 Å². The molecule has 2 fully saturated rings. The summed E-state index contributed by atoms with van der Waals surface area (Å²) in [5.74, 6) is 2.15. The van der Waals surface area contributed by atoms with Gasteiger partial charge in [0.1, 0.15) is 12.2 Å².